The molecule has 1 heterocycles. The number of benzene rings is 1. The van der Waals surface area contributed by atoms with Crippen LogP contribution < -0.4 is 5.32 Å². The lowest BCUT2D eigenvalue weighted by Crippen LogP contribution is -2.01. The van der Waals surface area contributed by atoms with Gasteiger partial charge in [0, 0.05) is 17.8 Å². The Morgan fingerprint density at radius 3 is 3.07 bits per heavy atom. The normalized spacial score (nSPS) is 13.2. The van der Waals surface area contributed by atoms with E-state index in [1.807, 2.05) is 0 Å². The summed E-state index contributed by atoms with van der Waals surface area (Å²) in [6.07, 6.45) is 0.794. The highest BCUT2D eigenvalue weighted by atomic mass is 16.5. The van der Waals surface area contributed by atoms with Crippen molar-refractivity contribution in [2.24, 2.45) is 0 Å². The molecule has 0 amide bonds. The van der Waals surface area contributed by atoms with Gasteiger partial charge in [-0.15, -0.1) is 0 Å². The first-order valence-electron chi connectivity index (χ1n) is 4.40. The number of carbonyl (C=O) groups excluding carboxylic acids is 1. The third kappa shape index (κ3) is 1.28. The molecule has 0 bridgehead atoms. The number of phenols is 1. The topological polar surface area (TPSA) is 58.6 Å². The average molecular weight is 193 g/mol. The largest absolute Gasteiger partial charge is 0.508 e. The van der Waals surface area contributed by atoms with Crippen molar-refractivity contribution in [1.29, 1.82) is 0 Å². The molecule has 2 N–H and O–H groups in total. The van der Waals surface area contributed by atoms with Crippen LogP contribution in [-0.2, 0) is 11.2 Å². The lowest BCUT2D eigenvalue weighted by atomic mass is 10.1. The summed E-state index contributed by atoms with van der Waals surface area (Å²) in [5, 5.41) is 12.7. The van der Waals surface area contributed by atoms with Crippen LogP contribution in [0.15, 0.2) is 12.1 Å². The van der Waals surface area contributed by atoms with Crippen molar-refractivity contribution >= 4 is 11.7 Å². The summed E-state index contributed by atoms with van der Waals surface area (Å²) in [6, 6.07) is 3.14. The van der Waals surface area contributed by atoms with E-state index >= 15 is 0 Å². The molecule has 4 heteroatoms. The fourth-order valence-corrected chi connectivity index (χ4v) is 1.64. The second-order valence-electron chi connectivity index (χ2n) is 3.19. The number of hydrogen-bond donors (Lipinski definition) is 2. The highest BCUT2D eigenvalue weighted by molar-refractivity contribution is 5.91. The zero-order chi connectivity index (χ0) is 10.1. The van der Waals surface area contributed by atoms with Crippen LogP contribution in [0.4, 0.5) is 5.69 Å². The number of aromatic hydroxyl groups is 1. The lowest BCUT2D eigenvalue weighted by Gasteiger charge is -2.05. The summed E-state index contributed by atoms with van der Waals surface area (Å²) in [5.41, 5.74) is 2.07. The smallest absolute Gasteiger partial charge is 0.338 e. The number of hydrogen-bond acceptors (Lipinski definition) is 4. The van der Waals surface area contributed by atoms with Gasteiger partial charge in [0.1, 0.15) is 5.75 Å². The van der Waals surface area contributed by atoms with Gasteiger partial charge in [0.25, 0.3) is 0 Å². The molecule has 0 atom stereocenters. The van der Waals surface area contributed by atoms with Crippen molar-refractivity contribution in [3.63, 3.8) is 0 Å². The molecule has 0 radical (unpaired) electrons. The van der Waals surface area contributed by atoms with E-state index in [1.165, 1.54) is 13.2 Å². The molecule has 1 aliphatic heterocycles. The molecule has 4 nitrogen and oxygen atoms in total. The summed E-state index contributed by atoms with van der Waals surface area (Å²) in [6.45, 7) is 0.799. The number of rotatable bonds is 1. The third-order valence-electron chi connectivity index (χ3n) is 2.34. The maximum absolute atomic E-state index is 11.2. The van der Waals surface area contributed by atoms with Gasteiger partial charge in [0.05, 0.1) is 12.7 Å². The first-order chi connectivity index (χ1) is 6.72. The molecule has 2 rings (SSSR count). The quantitative estimate of drug-likeness (QED) is 0.657. The Hall–Kier alpha value is -1.71. The summed E-state index contributed by atoms with van der Waals surface area (Å²) in [7, 11) is 1.32. The Labute approximate surface area is 81.5 Å². The minimum atomic E-state index is -0.434. The monoisotopic (exact) mass is 193 g/mol. The van der Waals surface area contributed by atoms with E-state index in [9.17, 15) is 9.90 Å². The number of esters is 1. The van der Waals surface area contributed by atoms with Crippen molar-refractivity contribution in [2.45, 2.75) is 6.42 Å². The van der Waals surface area contributed by atoms with Gasteiger partial charge >= 0.3 is 5.97 Å². The SMILES string of the molecule is COC(=O)c1cc(O)c2c(c1)NCC2. The predicted molar refractivity (Wildman–Crippen MR) is 51.6 cm³/mol. The second kappa shape index (κ2) is 3.21. The maximum atomic E-state index is 11.2. The van der Waals surface area contributed by atoms with Gasteiger partial charge in [-0.3, -0.25) is 0 Å². The summed E-state index contributed by atoms with van der Waals surface area (Å²) < 4.78 is 4.57. The number of methoxy groups -OCH3 is 1. The molecule has 0 saturated heterocycles. The van der Waals surface area contributed by atoms with Crippen LogP contribution in [0.3, 0.4) is 0 Å². The van der Waals surface area contributed by atoms with Crippen LogP contribution in [0.2, 0.25) is 0 Å². The zero-order valence-corrected chi connectivity index (χ0v) is 7.83. The molecule has 1 aromatic carbocycles. The van der Waals surface area contributed by atoms with Crippen LogP contribution in [0.25, 0.3) is 0 Å². The third-order valence-corrected chi connectivity index (χ3v) is 2.34. The molecular weight excluding hydrogens is 182 g/mol. The summed E-state index contributed by atoms with van der Waals surface area (Å²) in [5.74, 6) is -0.273. The Bertz CT molecular complexity index is 387. The number of fused-ring (bicyclic) bond motifs is 1. The second-order valence-corrected chi connectivity index (χ2v) is 3.19. The van der Waals surface area contributed by atoms with Gasteiger partial charge in [-0.2, -0.15) is 0 Å². The predicted octanol–water partition coefficient (Wildman–Crippen LogP) is 1.15. The van der Waals surface area contributed by atoms with Gasteiger partial charge < -0.3 is 15.2 Å². The van der Waals surface area contributed by atoms with Crippen LogP contribution >= 0.6 is 0 Å². The van der Waals surface area contributed by atoms with Crippen molar-refractivity contribution < 1.29 is 14.6 Å². The number of phenolic OH excluding ortho intramolecular Hbond substituents is 1. The molecule has 0 fully saturated rings. The molecule has 0 aromatic heterocycles. The van der Waals surface area contributed by atoms with E-state index in [0.29, 0.717) is 5.56 Å². The minimum absolute atomic E-state index is 0.160. The van der Waals surface area contributed by atoms with Crippen molar-refractivity contribution in [2.75, 3.05) is 19.0 Å². The Balaban J connectivity index is 2.46. The molecule has 1 aliphatic rings. The highest BCUT2D eigenvalue weighted by Gasteiger charge is 2.18. The summed E-state index contributed by atoms with van der Waals surface area (Å²) in [4.78, 5) is 11.2. The fraction of sp³-hybridized carbons (Fsp3) is 0.300. The number of nitrogens with one attached hydrogen (secondary N) is 1. The van der Waals surface area contributed by atoms with Crippen molar-refractivity contribution in [1.82, 2.24) is 0 Å². The Kier molecular flexibility index (Phi) is 2.04. The molecular formula is C10H11NO3. The van der Waals surface area contributed by atoms with Crippen LogP contribution in [0.5, 0.6) is 5.75 Å². The van der Waals surface area contributed by atoms with Crippen molar-refractivity contribution in [3.8, 4) is 5.75 Å². The summed E-state index contributed by atoms with van der Waals surface area (Å²) >= 11 is 0. The molecule has 0 spiro atoms. The van der Waals surface area contributed by atoms with Gasteiger partial charge in [-0.1, -0.05) is 0 Å². The fourth-order valence-electron chi connectivity index (χ4n) is 1.64. The molecule has 0 saturated carbocycles. The number of carbonyl (C=O) groups is 1. The molecule has 0 aliphatic carbocycles. The molecule has 14 heavy (non-hydrogen) atoms. The van der Waals surface area contributed by atoms with E-state index in [-0.39, 0.29) is 5.75 Å². The zero-order valence-electron chi connectivity index (χ0n) is 7.83. The van der Waals surface area contributed by atoms with E-state index in [0.717, 1.165) is 24.2 Å². The van der Waals surface area contributed by atoms with Crippen LogP contribution in [0.1, 0.15) is 15.9 Å². The first-order valence-corrected chi connectivity index (χ1v) is 4.40. The van der Waals surface area contributed by atoms with Crippen LogP contribution in [-0.4, -0.2) is 24.7 Å². The lowest BCUT2D eigenvalue weighted by molar-refractivity contribution is 0.0600. The van der Waals surface area contributed by atoms with E-state index in [2.05, 4.69) is 10.1 Å². The minimum Gasteiger partial charge on any atom is -0.508 e. The molecule has 74 valence electrons. The Morgan fingerprint density at radius 2 is 2.36 bits per heavy atom. The highest BCUT2D eigenvalue weighted by Crippen LogP contribution is 2.32. The Morgan fingerprint density at radius 1 is 1.57 bits per heavy atom. The molecule has 0 unspecified atom stereocenters. The first kappa shape index (κ1) is 8.87. The van der Waals surface area contributed by atoms with E-state index < -0.39 is 5.97 Å². The average Bonchev–Trinajstić information content (AvgIpc) is 2.64. The van der Waals surface area contributed by atoms with Crippen molar-refractivity contribution in [3.05, 3.63) is 23.3 Å². The number of ether oxygens (including phenoxy) is 1. The van der Waals surface area contributed by atoms with Gasteiger partial charge in [0.2, 0.25) is 0 Å². The van der Waals surface area contributed by atoms with Gasteiger partial charge in [-0.25, -0.2) is 4.79 Å². The maximum Gasteiger partial charge on any atom is 0.338 e. The van der Waals surface area contributed by atoms with Gasteiger partial charge in [-0.05, 0) is 18.6 Å². The number of anilines is 1. The van der Waals surface area contributed by atoms with Gasteiger partial charge in [0.15, 0.2) is 0 Å². The standard InChI is InChI=1S/C10H11NO3/c1-14-10(13)6-4-8-7(2-3-11-8)9(12)5-6/h4-5,11-12H,2-3H2,1H3. The van der Waals surface area contributed by atoms with E-state index in [4.69, 9.17) is 0 Å². The van der Waals surface area contributed by atoms with E-state index in [1.54, 1.807) is 6.07 Å². The van der Waals surface area contributed by atoms with Crippen LogP contribution in [0, 0.1) is 0 Å². The molecule has 1 aromatic rings.